The Labute approximate surface area is 74.9 Å². The minimum absolute atomic E-state index is 0.0744. The third kappa shape index (κ3) is 5.13. The average Bonchev–Trinajstić information content (AvgIpc) is 2.10. The van der Waals surface area contributed by atoms with Gasteiger partial charge in [-0.15, -0.1) is 0 Å². The number of nitrogens with two attached hydrogens (primary N) is 1. The van der Waals surface area contributed by atoms with Crippen molar-refractivity contribution in [1.82, 2.24) is 5.01 Å². The Morgan fingerprint density at radius 1 is 1.25 bits per heavy atom. The van der Waals surface area contributed by atoms with Crippen LogP contribution in [0.25, 0.3) is 0 Å². The molecule has 3 nitrogen and oxygen atoms in total. The maximum atomic E-state index is 11.2. The molecule has 0 aromatic rings. The summed E-state index contributed by atoms with van der Waals surface area (Å²) in [6.45, 7) is 4.85. The zero-order valence-electron chi connectivity index (χ0n) is 8.18. The maximum Gasteiger partial charge on any atom is 0.236 e. The Morgan fingerprint density at radius 2 is 1.83 bits per heavy atom. The molecule has 0 atom stereocenters. The number of carbonyl (C=O) groups is 1. The minimum Gasteiger partial charge on any atom is -0.281 e. The van der Waals surface area contributed by atoms with Crippen molar-refractivity contribution in [3.63, 3.8) is 0 Å². The van der Waals surface area contributed by atoms with Crippen LogP contribution >= 0.6 is 0 Å². The SMILES string of the molecule is CCCCC(=O)N(N)CCCC. The molecule has 2 N–H and O–H groups in total. The molecule has 0 radical (unpaired) electrons. The highest BCUT2D eigenvalue weighted by molar-refractivity contribution is 5.75. The first-order valence-corrected chi connectivity index (χ1v) is 4.77. The van der Waals surface area contributed by atoms with Crippen LogP contribution in [0.15, 0.2) is 0 Å². The molecule has 0 spiro atoms. The number of carbonyl (C=O) groups excluding carboxylic acids is 1. The number of hydrogen-bond donors (Lipinski definition) is 1. The number of hydrogen-bond acceptors (Lipinski definition) is 2. The Morgan fingerprint density at radius 3 is 2.33 bits per heavy atom. The smallest absolute Gasteiger partial charge is 0.236 e. The van der Waals surface area contributed by atoms with E-state index in [4.69, 9.17) is 5.84 Å². The minimum atomic E-state index is 0.0744. The van der Waals surface area contributed by atoms with Gasteiger partial charge in [-0.2, -0.15) is 0 Å². The van der Waals surface area contributed by atoms with Crippen molar-refractivity contribution >= 4 is 5.91 Å². The summed E-state index contributed by atoms with van der Waals surface area (Å²) in [5.41, 5.74) is 0. The van der Waals surface area contributed by atoms with Gasteiger partial charge in [-0.1, -0.05) is 26.7 Å². The molecule has 0 fully saturated rings. The van der Waals surface area contributed by atoms with Gasteiger partial charge in [0.05, 0.1) is 0 Å². The molecular weight excluding hydrogens is 152 g/mol. The van der Waals surface area contributed by atoms with Crippen LogP contribution in [-0.2, 0) is 4.79 Å². The molecule has 0 unspecified atom stereocenters. The van der Waals surface area contributed by atoms with E-state index in [0.29, 0.717) is 13.0 Å². The first kappa shape index (κ1) is 11.4. The van der Waals surface area contributed by atoms with Gasteiger partial charge in [-0.05, 0) is 12.8 Å². The molecule has 0 saturated heterocycles. The summed E-state index contributed by atoms with van der Waals surface area (Å²) in [6.07, 6.45) is 4.66. The molecule has 0 rings (SSSR count). The highest BCUT2D eigenvalue weighted by Gasteiger charge is 2.06. The van der Waals surface area contributed by atoms with Gasteiger partial charge >= 0.3 is 0 Å². The number of nitrogens with zero attached hydrogens (tertiary/aromatic N) is 1. The van der Waals surface area contributed by atoms with Gasteiger partial charge in [0, 0.05) is 13.0 Å². The molecule has 72 valence electrons. The summed E-state index contributed by atoms with van der Waals surface area (Å²) >= 11 is 0. The lowest BCUT2D eigenvalue weighted by atomic mass is 10.2. The first-order chi connectivity index (χ1) is 5.72. The molecule has 0 aliphatic heterocycles. The van der Waals surface area contributed by atoms with Crippen LogP contribution in [0.4, 0.5) is 0 Å². The second kappa shape index (κ2) is 7.10. The van der Waals surface area contributed by atoms with Crippen LogP contribution in [0.5, 0.6) is 0 Å². The molecule has 3 heteroatoms. The predicted molar refractivity (Wildman–Crippen MR) is 50.3 cm³/mol. The molecule has 0 aliphatic rings. The highest BCUT2D eigenvalue weighted by atomic mass is 16.2. The third-order valence-corrected chi connectivity index (χ3v) is 1.82. The van der Waals surface area contributed by atoms with Crippen molar-refractivity contribution < 1.29 is 4.79 Å². The van der Waals surface area contributed by atoms with Crippen LogP contribution in [0.2, 0.25) is 0 Å². The van der Waals surface area contributed by atoms with Gasteiger partial charge in [0.1, 0.15) is 0 Å². The van der Waals surface area contributed by atoms with E-state index in [1.54, 1.807) is 0 Å². The molecule has 0 aliphatic carbocycles. The van der Waals surface area contributed by atoms with Crippen molar-refractivity contribution in [3.8, 4) is 0 Å². The van der Waals surface area contributed by atoms with Crippen molar-refractivity contribution in [2.75, 3.05) is 6.54 Å². The van der Waals surface area contributed by atoms with Crippen molar-refractivity contribution in [1.29, 1.82) is 0 Å². The van der Waals surface area contributed by atoms with E-state index in [1.165, 1.54) is 5.01 Å². The lowest BCUT2D eigenvalue weighted by molar-refractivity contribution is -0.131. The zero-order valence-corrected chi connectivity index (χ0v) is 8.18. The van der Waals surface area contributed by atoms with Gasteiger partial charge in [0.25, 0.3) is 0 Å². The monoisotopic (exact) mass is 172 g/mol. The fourth-order valence-electron chi connectivity index (χ4n) is 0.925. The number of unbranched alkanes of at least 4 members (excludes halogenated alkanes) is 2. The molecule has 0 heterocycles. The van der Waals surface area contributed by atoms with E-state index in [2.05, 4.69) is 13.8 Å². The molecule has 12 heavy (non-hydrogen) atoms. The second-order valence-electron chi connectivity index (χ2n) is 3.04. The average molecular weight is 172 g/mol. The summed E-state index contributed by atoms with van der Waals surface area (Å²) in [6, 6.07) is 0. The van der Waals surface area contributed by atoms with E-state index < -0.39 is 0 Å². The molecular formula is C9H20N2O. The molecule has 0 saturated carbocycles. The number of amides is 1. The van der Waals surface area contributed by atoms with E-state index >= 15 is 0 Å². The van der Waals surface area contributed by atoms with Crippen LogP contribution in [0.3, 0.4) is 0 Å². The van der Waals surface area contributed by atoms with Crippen LogP contribution in [-0.4, -0.2) is 17.5 Å². The Hall–Kier alpha value is -0.570. The van der Waals surface area contributed by atoms with Crippen molar-refractivity contribution in [2.24, 2.45) is 5.84 Å². The zero-order chi connectivity index (χ0) is 9.40. The summed E-state index contributed by atoms with van der Waals surface area (Å²) < 4.78 is 0. The van der Waals surface area contributed by atoms with Crippen LogP contribution in [0.1, 0.15) is 46.0 Å². The van der Waals surface area contributed by atoms with Gasteiger partial charge in [0.15, 0.2) is 0 Å². The van der Waals surface area contributed by atoms with Crippen LogP contribution in [0, 0.1) is 0 Å². The third-order valence-electron chi connectivity index (χ3n) is 1.82. The first-order valence-electron chi connectivity index (χ1n) is 4.77. The molecule has 0 aromatic heterocycles. The normalized spacial score (nSPS) is 9.92. The topological polar surface area (TPSA) is 46.3 Å². The number of hydrazine groups is 1. The Kier molecular flexibility index (Phi) is 6.76. The second-order valence-corrected chi connectivity index (χ2v) is 3.04. The largest absolute Gasteiger partial charge is 0.281 e. The summed E-state index contributed by atoms with van der Waals surface area (Å²) in [4.78, 5) is 11.2. The fourth-order valence-corrected chi connectivity index (χ4v) is 0.925. The van der Waals surface area contributed by atoms with E-state index in [-0.39, 0.29) is 5.91 Å². The molecule has 0 bridgehead atoms. The standard InChI is InChI=1S/C9H20N2O/c1-3-5-7-9(12)11(10)8-6-4-2/h3-8,10H2,1-2H3. The van der Waals surface area contributed by atoms with Gasteiger partial charge in [0.2, 0.25) is 5.91 Å². The molecule has 0 aromatic carbocycles. The Balaban J connectivity index is 3.47. The van der Waals surface area contributed by atoms with Crippen LogP contribution < -0.4 is 5.84 Å². The predicted octanol–water partition coefficient (Wildman–Crippen LogP) is 1.68. The number of rotatable bonds is 6. The summed E-state index contributed by atoms with van der Waals surface area (Å²) in [5.74, 6) is 5.60. The highest BCUT2D eigenvalue weighted by Crippen LogP contribution is 1.98. The lowest BCUT2D eigenvalue weighted by Crippen LogP contribution is -2.37. The quantitative estimate of drug-likeness (QED) is 0.376. The van der Waals surface area contributed by atoms with Gasteiger partial charge in [-0.25, -0.2) is 5.84 Å². The van der Waals surface area contributed by atoms with Crippen molar-refractivity contribution in [2.45, 2.75) is 46.0 Å². The fraction of sp³-hybridized carbons (Fsp3) is 0.889. The Bertz CT molecular complexity index is 126. The van der Waals surface area contributed by atoms with E-state index in [0.717, 1.165) is 25.7 Å². The van der Waals surface area contributed by atoms with E-state index in [1.807, 2.05) is 0 Å². The lowest BCUT2D eigenvalue weighted by Gasteiger charge is -2.15. The van der Waals surface area contributed by atoms with Gasteiger partial charge in [-0.3, -0.25) is 9.80 Å². The van der Waals surface area contributed by atoms with Gasteiger partial charge < -0.3 is 0 Å². The summed E-state index contributed by atoms with van der Waals surface area (Å²) in [7, 11) is 0. The maximum absolute atomic E-state index is 11.2. The summed E-state index contributed by atoms with van der Waals surface area (Å²) in [5, 5.41) is 1.35. The van der Waals surface area contributed by atoms with Crippen molar-refractivity contribution in [3.05, 3.63) is 0 Å². The molecule has 1 amide bonds. The van der Waals surface area contributed by atoms with E-state index in [9.17, 15) is 4.79 Å².